The van der Waals surface area contributed by atoms with Crippen LogP contribution in [0.1, 0.15) is 66.2 Å². The van der Waals surface area contributed by atoms with E-state index >= 15 is 0 Å². The average Bonchev–Trinajstić information content (AvgIpc) is 2.98. The van der Waals surface area contributed by atoms with Gasteiger partial charge in [0.1, 0.15) is 5.78 Å². The second-order valence-electron chi connectivity index (χ2n) is 9.73. The number of carbonyl (C=O) groups excluding carboxylic acids is 3. The first kappa shape index (κ1) is 19.2. The molecule has 0 bridgehead atoms. The predicted octanol–water partition coefficient (Wildman–Crippen LogP) is 5.11. The topological polar surface area (TPSA) is 51.2 Å². The van der Waals surface area contributed by atoms with Crippen molar-refractivity contribution >= 4 is 28.4 Å². The number of hydrogen-bond donors (Lipinski definition) is 0. The largest absolute Gasteiger partial charge is 0.299 e. The van der Waals surface area contributed by atoms with Crippen LogP contribution in [-0.4, -0.2) is 16.7 Å². The van der Waals surface area contributed by atoms with Gasteiger partial charge in [0.2, 0.25) is 0 Å². The molecule has 0 aromatic rings. The lowest BCUT2D eigenvalue weighted by molar-refractivity contribution is -0.143. The lowest BCUT2D eigenvalue weighted by atomic mass is 9.46. The van der Waals surface area contributed by atoms with Crippen LogP contribution in [0.4, 0.5) is 0 Å². The first-order chi connectivity index (χ1) is 12.6. The molecule has 0 saturated heterocycles. The zero-order valence-electron chi connectivity index (χ0n) is 16.9. The van der Waals surface area contributed by atoms with Crippen LogP contribution in [0.15, 0.2) is 22.6 Å². The summed E-state index contributed by atoms with van der Waals surface area (Å²) in [5.41, 5.74) is 0.887. The van der Waals surface area contributed by atoms with Crippen LogP contribution in [0, 0.1) is 34.5 Å². The van der Waals surface area contributed by atoms with E-state index in [0.717, 1.165) is 29.7 Å². The minimum Gasteiger partial charge on any atom is -0.299 e. The Balaban J connectivity index is 1.89. The fourth-order valence-corrected chi connectivity index (χ4v) is 7.88. The fourth-order valence-electron chi connectivity index (χ4n) is 6.85. The molecule has 0 aromatic carbocycles. The van der Waals surface area contributed by atoms with Crippen molar-refractivity contribution in [2.45, 2.75) is 66.2 Å². The molecule has 0 spiro atoms. The summed E-state index contributed by atoms with van der Waals surface area (Å²) in [6.45, 7) is 12.1. The van der Waals surface area contributed by atoms with E-state index in [1.807, 2.05) is 13.8 Å². The van der Waals surface area contributed by atoms with Crippen LogP contribution < -0.4 is 0 Å². The van der Waals surface area contributed by atoms with Gasteiger partial charge in [-0.15, -0.1) is 0 Å². The monoisotopic (exact) mass is 386 g/mol. The quantitative estimate of drug-likeness (QED) is 0.588. The van der Waals surface area contributed by atoms with Gasteiger partial charge in [-0.3, -0.25) is 14.4 Å². The molecule has 3 saturated carbocycles. The number of ketones is 2. The summed E-state index contributed by atoms with van der Waals surface area (Å²) >= 11 is 1.21. The molecule has 1 unspecified atom stereocenters. The summed E-state index contributed by atoms with van der Waals surface area (Å²) in [7, 11) is 0. The summed E-state index contributed by atoms with van der Waals surface area (Å²) in [6, 6.07) is 0. The summed E-state index contributed by atoms with van der Waals surface area (Å²) in [6.07, 6.45) is 5.94. The van der Waals surface area contributed by atoms with Crippen LogP contribution in [-0.2, 0) is 14.4 Å². The number of rotatable bonds is 1. The molecule has 0 N–H and O–H groups in total. The third-order valence-electron chi connectivity index (χ3n) is 8.23. The van der Waals surface area contributed by atoms with Gasteiger partial charge >= 0.3 is 0 Å². The Morgan fingerprint density at radius 1 is 1.15 bits per heavy atom. The molecule has 3 nitrogen and oxygen atoms in total. The van der Waals surface area contributed by atoms with E-state index in [1.54, 1.807) is 6.92 Å². The molecule has 4 heteroatoms. The lowest BCUT2D eigenvalue weighted by Crippen LogP contribution is -2.57. The van der Waals surface area contributed by atoms with E-state index in [-0.39, 0.29) is 39.9 Å². The highest BCUT2D eigenvalue weighted by atomic mass is 32.2. The minimum atomic E-state index is -0.663. The van der Waals surface area contributed by atoms with Gasteiger partial charge in [-0.05, 0) is 61.3 Å². The van der Waals surface area contributed by atoms with E-state index in [0.29, 0.717) is 17.9 Å². The molecule has 3 fully saturated rings. The van der Waals surface area contributed by atoms with Gasteiger partial charge in [-0.1, -0.05) is 38.6 Å². The molecule has 4 rings (SSSR count). The number of hydrogen-bond acceptors (Lipinski definition) is 4. The Bertz CT molecular complexity index is 793. The Labute approximate surface area is 166 Å². The number of thioether (sulfide) groups is 1. The van der Waals surface area contributed by atoms with E-state index in [4.69, 9.17) is 0 Å². The van der Waals surface area contributed by atoms with Crippen molar-refractivity contribution in [1.82, 2.24) is 0 Å². The van der Waals surface area contributed by atoms with Crippen molar-refractivity contribution in [2.75, 3.05) is 0 Å². The molecule has 4 aliphatic rings. The Kier molecular flexibility index (Phi) is 4.38. The standard InChI is InChI=1S/C23H30O3S/c1-12-11-17(25)23(5)16-8-10-22(4)9-6-7-15(22)18(16)20(26)13(2)19(23)21(12)27-14(3)24/h12,15-16,18H,2,6-11H2,1,3-5H3/t12?,15-,16-,18-,22-,23-/m0/s1. The SMILES string of the molecule is C=C1C(=O)[C@H]2[C@@H]3CCC[C@@]3(C)CC[C@@H]2[C@@]2(C)C(=O)CC(C)C(SC(C)=O)=C12. The fraction of sp³-hybridized carbons (Fsp3) is 0.696. The zero-order valence-corrected chi connectivity index (χ0v) is 17.7. The Morgan fingerprint density at radius 3 is 2.52 bits per heavy atom. The molecular weight excluding hydrogens is 356 g/mol. The van der Waals surface area contributed by atoms with E-state index in [2.05, 4.69) is 13.5 Å². The predicted molar refractivity (Wildman–Crippen MR) is 108 cm³/mol. The van der Waals surface area contributed by atoms with Crippen molar-refractivity contribution in [1.29, 1.82) is 0 Å². The minimum absolute atomic E-state index is 0.00966. The second-order valence-corrected chi connectivity index (χ2v) is 10.9. The molecule has 0 radical (unpaired) electrons. The number of carbonyl (C=O) groups is 3. The zero-order chi connectivity index (χ0) is 19.7. The Morgan fingerprint density at radius 2 is 1.85 bits per heavy atom. The highest BCUT2D eigenvalue weighted by Crippen LogP contribution is 2.66. The molecule has 146 valence electrons. The highest BCUT2D eigenvalue weighted by Gasteiger charge is 2.63. The molecule has 6 atom stereocenters. The third-order valence-corrected chi connectivity index (χ3v) is 9.35. The first-order valence-electron chi connectivity index (χ1n) is 10.3. The average molecular weight is 387 g/mol. The maximum absolute atomic E-state index is 13.5. The maximum atomic E-state index is 13.5. The first-order valence-corrected chi connectivity index (χ1v) is 11.1. The van der Waals surface area contributed by atoms with Crippen LogP contribution >= 0.6 is 11.8 Å². The number of fused-ring (bicyclic) bond motifs is 5. The third kappa shape index (κ3) is 2.51. The van der Waals surface area contributed by atoms with Crippen LogP contribution in [0.2, 0.25) is 0 Å². The lowest BCUT2D eigenvalue weighted by Gasteiger charge is -2.57. The van der Waals surface area contributed by atoms with Gasteiger partial charge in [-0.25, -0.2) is 0 Å². The summed E-state index contributed by atoms with van der Waals surface area (Å²) in [5.74, 6) is 0.723. The van der Waals surface area contributed by atoms with Crippen molar-refractivity contribution in [3.05, 3.63) is 22.6 Å². The molecule has 0 amide bonds. The number of Topliss-reactive ketones (excluding diaryl/α,β-unsaturated/α-hetero) is 2. The van der Waals surface area contributed by atoms with Crippen molar-refractivity contribution in [3.63, 3.8) is 0 Å². The summed E-state index contributed by atoms with van der Waals surface area (Å²) in [5, 5.41) is 0.00966. The molecular formula is C23H30O3S. The van der Waals surface area contributed by atoms with Gasteiger partial charge in [-0.2, -0.15) is 0 Å². The molecule has 27 heavy (non-hydrogen) atoms. The van der Waals surface area contributed by atoms with Crippen molar-refractivity contribution < 1.29 is 14.4 Å². The maximum Gasteiger partial charge on any atom is 0.190 e. The van der Waals surface area contributed by atoms with Gasteiger partial charge in [0.25, 0.3) is 0 Å². The van der Waals surface area contributed by atoms with Gasteiger partial charge in [0.05, 0.1) is 5.41 Å². The van der Waals surface area contributed by atoms with Gasteiger partial charge < -0.3 is 0 Å². The van der Waals surface area contributed by atoms with Gasteiger partial charge in [0.15, 0.2) is 10.9 Å². The molecule has 0 aromatic heterocycles. The van der Waals surface area contributed by atoms with E-state index in [1.165, 1.54) is 24.6 Å². The normalized spacial score (nSPS) is 44.1. The smallest absolute Gasteiger partial charge is 0.190 e. The summed E-state index contributed by atoms with van der Waals surface area (Å²) in [4.78, 5) is 39.8. The molecule has 4 aliphatic carbocycles. The van der Waals surface area contributed by atoms with E-state index < -0.39 is 5.41 Å². The van der Waals surface area contributed by atoms with Crippen molar-refractivity contribution in [3.8, 4) is 0 Å². The summed E-state index contributed by atoms with van der Waals surface area (Å²) < 4.78 is 0. The van der Waals surface area contributed by atoms with Crippen molar-refractivity contribution in [2.24, 2.45) is 34.5 Å². The van der Waals surface area contributed by atoms with Crippen LogP contribution in [0.5, 0.6) is 0 Å². The molecule has 0 aliphatic heterocycles. The van der Waals surface area contributed by atoms with Crippen LogP contribution in [0.3, 0.4) is 0 Å². The number of allylic oxidation sites excluding steroid dienone is 3. The Hall–Kier alpha value is -1.16. The molecule has 0 heterocycles. The second kappa shape index (κ2) is 6.17. The van der Waals surface area contributed by atoms with Gasteiger partial charge in [0, 0.05) is 29.7 Å². The van der Waals surface area contributed by atoms with Crippen LogP contribution in [0.25, 0.3) is 0 Å². The van der Waals surface area contributed by atoms with E-state index in [9.17, 15) is 14.4 Å². The highest BCUT2D eigenvalue weighted by molar-refractivity contribution is 8.16.